The van der Waals surface area contributed by atoms with E-state index in [2.05, 4.69) is 16.2 Å². The Labute approximate surface area is 45.9 Å². The molecule has 0 aromatic rings. The van der Waals surface area contributed by atoms with Gasteiger partial charge in [0.1, 0.15) is 0 Å². The molecule has 40 valence electrons. The van der Waals surface area contributed by atoms with Crippen LogP contribution in [0, 0.1) is 0 Å². The average molecular weight is 116 g/mol. The van der Waals surface area contributed by atoms with Crippen LogP contribution in [0.3, 0.4) is 0 Å². The van der Waals surface area contributed by atoms with Crippen molar-refractivity contribution in [2.45, 2.75) is 19.4 Å². The molecule has 7 heavy (non-hydrogen) atoms. The van der Waals surface area contributed by atoms with Crippen molar-refractivity contribution in [2.24, 2.45) is 0 Å². The highest BCUT2D eigenvalue weighted by Gasteiger charge is 2.07. The number of hydrogen-bond acceptors (Lipinski definition) is 1. The van der Waals surface area contributed by atoms with Crippen molar-refractivity contribution in [1.82, 2.24) is 0 Å². The molecule has 1 rings (SSSR count). The lowest BCUT2D eigenvalue weighted by molar-refractivity contribution is 0.189. The van der Waals surface area contributed by atoms with Gasteiger partial charge in [-0.2, -0.15) is 0 Å². The smallest absolute Gasteiger partial charge is 0.0992 e. The Morgan fingerprint density at radius 1 is 2.00 bits per heavy atom. The van der Waals surface area contributed by atoms with Crippen molar-refractivity contribution < 1.29 is 4.74 Å². The summed E-state index contributed by atoms with van der Waals surface area (Å²) in [6.07, 6.45) is 3.28. The molecular formula is C5H9OP. The summed E-state index contributed by atoms with van der Waals surface area (Å²) < 4.78 is 5.08. The van der Waals surface area contributed by atoms with E-state index in [-0.39, 0.29) is 0 Å². The van der Waals surface area contributed by atoms with E-state index in [9.17, 15) is 0 Å². The molecule has 2 atom stereocenters. The van der Waals surface area contributed by atoms with Gasteiger partial charge in [0.15, 0.2) is 0 Å². The Balaban J connectivity index is 2.42. The van der Waals surface area contributed by atoms with Gasteiger partial charge in [0.25, 0.3) is 0 Å². The third-order valence-corrected chi connectivity index (χ3v) is 1.35. The van der Waals surface area contributed by atoms with Crippen molar-refractivity contribution in [1.29, 1.82) is 0 Å². The van der Waals surface area contributed by atoms with Gasteiger partial charge < -0.3 is 4.74 Å². The van der Waals surface area contributed by atoms with Gasteiger partial charge in [0, 0.05) is 6.42 Å². The van der Waals surface area contributed by atoms with Gasteiger partial charge in [-0.1, -0.05) is 0 Å². The fraction of sp³-hybridized carbons (Fsp3) is 0.600. The summed E-state index contributed by atoms with van der Waals surface area (Å²) in [5.74, 6) is 0. The second-order valence-corrected chi connectivity index (χ2v) is 2.59. The van der Waals surface area contributed by atoms with E-state index < -0.39 is 0 Å². The molecule has 0 saturated carbocycles. The van der Waals surface area contributed by atoms with Gasteiger partial charge in [-0.15, -0.1) is 9.24 Å². The third kappa shape index (κ3) is 1.17. The summed E-state index contributed by atoms with van der Waals surface area (Å²) in [7, 11) is 2.63. The first-order valence-electron chi connectivity index (χ1n) is 2.39. The minimum atomic E-state index is 0.410. The lowest BCUT2D eigenvalue weighted by Crippen LogP contribution is -1.94. The minimum Gasteiger partial charge on any atom is -0.498 e. The molecule has 1 aliphatic rings. The van der Waals surface area contributed by atoms with Crippen LogP contribution in [0.2, 0.25) is 0 Å². The van der Waals surface area contributed by atoms with Crippen molar-refractivity contribution in [3.05, 3.63) is 11.6 Å². The predicted molar refractivity (Wildman–Crippen MR) is 33.0 cm³/mol. The molecule has 0 fully saturated rings. The summed E-state index contributed by atoms with van der Waals surface area (Å²) in [6.45, 7) is 2.06. The van der Waals surface area contributed by atoms with Crippen molar-refractivity contribution >= 4 is 9.24 Å². The van der Waals surface area contributed by atoms with Crippen LogP contribution in [0.4, 0.5) is 0 Å². The van der Waals surface area contributed by atoms with E-state index in [0.717, 1.165) is 6.42 Å². The Kier molecular flexibility index (Phi) is 1.34. The van der Waals surface area contributed by atoms with Gasteiger partial charge in [-0.3, -0.25) is 0 Å². The Bertz CT molecular complexity index is 98.3. The maximum absolute atomic E-state index is 5.08. The van der Waals surface area contributed by atoms with Crippen LogP contribution < -0.4 is 0 Å². The standard InChI is InChI=1S/C5H9OP/c1-4-2-5(7)3-6-4/h3-4H,2,7H2,1H3. The second-order valence-electron chi connectivity index (χ2n) is 1.84. The highest BCUT2D eigenvalue weighted by Crippen LogP contribution is 2.21. The zero-order valence-corrected chi connectivity index (χ0v) is 5.50. The molecule has 1 heterocycles. The van der Waals surface area contributed by atoms with Crippen LogP contribution in [0.1, 0.15) is 13.3 Å². The first kappa shape index (κ1) is 5.11. The predicted octanol–water partition coefficient (Wildman–Crippen LogP) is 1.51. The normalized spacial score (nSPS) is 29.4. The number of hydrogen-bond donors (Lipinski definition) is 0. The van der Waals surface area contributed by atoms with Gasteiger partial charge in [0.05, 0.1) is 12.4 Å². The van der Waals surface area contributed by atoms with Gasteiger partial charge >= 0.3 is 0 Å². The lowest BCUT2D eigenvalue weighted by Gasteiger charge is -1.97. The quantitative estimate of drug-likeness (QED) is 0.436. The molecule has 2 unspecified atom stereocenters. The Morgan fingerprint density at radius 3 is 2.86 bits per heavy atom. The first-order valence-corrected chi connectivity index (χ1v) is 2.97. The highest BCUT2D eigenvalue weighted by molar-refractivity contribution is 7.22. The molecule has 0 spiro atoms. The van der Waals surface area contributed by atoms with E-state index >= 15 is 0 Å². The summed E-state index contributed by atoms with van der Waals surface area (Å²) in [4.78, 5) is 0. The summed E-state index contributed by atoms with van der Waals surface area (Å²) in [5, 5.41) is 1.27. The summed E-state index contributed by atoms with van der Waals surface area (Å²) in [6, 6.07) is 0. The fourth-order valence-electron chi connectivity index (χ4n) is 0.632. The van der Waals surface area contributed by atoms with Crippen molar-refractivity contribution in [3.63, 3.8) is 0 Å². The summed E-state index contributed by atoms with van der Waals surface area (Å²) in [5.41, 5.74) is 0. The Morgan fingerprint density at radius 2 is 2.71 bits per heavy atom. The molecule has 1 aliphatic heterocycles. The first-order chi connectivity index (χ1) is 3.29. The molecule has 0 N–H and O–H groups in total. The molecule has 0 radical (unpaired) electrons. The fourth-order valence-corrected chi connectivity index (χ4v) is 1.04. The monoisotopic (exact) mass is 116 g/mol. The molecule has 0 aromatic carbocycles. The van der Waals surface area contributed by atoms with Crippen LogP contribution in [-0.2, 0) is 4.74 Å². The molecule has 0 saturated heterocycles. The van der Waals surface area contributed by atoms with E-state index in [1.807, 2.05) is 0 Å². The minimum absolute atomic E-state index is 0.410. The lowest BCUT2D eigenvalue weighted by atomic mass is 10.3. The highest BCUT2D eigenvalue weighted by atomic mass is 31.0. The maximum Gasteiger partial charge on any atom is 0.0992 e. The van der Waals surface area contributed by atoms with Gasteiger partial charge in [-0.25, -0.2) is 0 Å². The number of ether oxygens (including phenoxy) is 1. The second kappa shape index (κ2) is 1.83. The van der Waals surface area contributed by atoms with Crippen LogP contribution in [-0.4, -0.2) is 6.10 Å². The van der Waals surface area contributed by atoms with E-state index in [1.54, 1.807) is 6.26 Å². The average Bonchev–Trinajstić information content (AvgIpc) is 1.87. The zero-order valence-electron chi connectivity index (χ0n) is 4.35. The topological polar surface area (TPSA) is 9.23 Å². The van der Waals surface area contributed by atoms with Crippen LogP contribution in [0.5, 0.6) is 0 Å². The molecule has 0 aromatic heterocycles. The largest absolute Gasteiger partial charge is 0.498 e. The van der Waals surface area contributed by atoms with Crippen LogP contribution in [0.25, 0.3) is 0 Å². The molecular weight excluding hydrogens is 107 g/mol. The molecule has 0 amide bonds. The summed E-state index contributed by atoms with van der Waals surface area (Å²) >= 11 is 0. The molecule has 0 aliphatic carbocycles. The van der Waals surface area contributed by atoms with E-state index in [4.69, 9.17) is 4.74 Å². The zero-order chi connectivity index (χ0) is 5.28. The SMILES string of the molecule is CC1CC(P)=CO1. The third-order valence-electron chi connectivity index (χ3n) is 0.975. The van der Waals surface area contributed by atoms with Crippen molar-refractivity contribution in [3.8, 4) is 0 Å². The van der Waals surface area contributed by atoms with Crippen molar-refractivity contribution in [2.75, 3.05) is 0 Å². The van der Waals surface area contributed by atoms with E-state index in [1.165, 1.54) is 5.31 Å². The van der Waals surface area contributed by atoms with Gasteiger partial charge in [-0.05, 0) is 12.2 Å². The molecule has 1 nitrogen and oxygen atoms in total. The maximum atomic E-state index is 5.08. The molecule has 0 bridgehead atoms. The molecule has 2 heteroatoms. The van der Waals surface area contributed by atoms with E-state index in [0.29, 0.717) is 6.10 Å². The van der Waals surface area contributed by atoms with Crippen LogP contribution in [0.15, 0.2) is 11.6 Å². The Hall–Kier alpha value is -0.0300. The van der Waals surface area contributed by atoms with Crippen LogP contribution >= 0.6 is 9.24 Å². The van der Waals surface area contributed by atoms with Gasteiger partial charge in [0.2, 0.25) is 0 Å². The number of rotatable bonds is 0.